The predicted octanol–water partition coefficient (Wildman–Crippen LogP) is -0.145. The standard InChI is InChI=1S/C12H15N5O3S/c13-6-9-11(12(19)20)15-16-17(9)7-10(18)14-4-3-8-2-1-5-21-8/h1-2,5H,3-4,6-7,13H2,(H,14,18)(H,19,20). The van der Waals surface area contributed by atoms with Crippen LogP contribution in [0.25, 0.3) is 0 Å². The second kappa shape index (κ2) is 6.95. The molecule has 0 radical (unpaired) electrons. The van der Waals surface area contributed by atoms with Crippen LogP contribution in [-0.2, 0) is 24.3 Å². The van der Waals surface area contributed by atoms with E-state index in [4.69, 9.17) is 10.8 Å². The van der Waals surface area contributed by atoms with Gasteiger partial charge in [0.15, 0.2) is 5.69 Å². The lowest BCUT2D eigenvalue weighted by Crippen LogP contribution is -2.30. The van der Waals surface area contributed by atoms with Crippen molar-refractivity contribution in [2.45, 2.75) is 19.5 Å². The van der Waals surface area contributed by atoms with Gasteiger partial charge in [-0.1, -0.05) is 11.3 Å². The summed E-state index contributed by atoms with van der Waals surface area (Å²) in [4.78, 5) is 23.9. The van der Waals surface area contributed by atoms with Crippen LogP contribution in [0.3, 0.4) is 0 Å². The number of carboxylic acid groups (broad SMARTS) is 1. The second-order valence-electron chi connectivity index (χ2n) is 4.23. The fourth-order valence-electron chi connectivity index (χ4n) is 1.80. The van der Waals surface area contributed by atoms with E-state index < -0.39 is 5.97 Å². The predicted molar refractivity (Wildman–Crippen MR) is 75.9 cm³/mol. The Kier molecular flexibility index (Phi) is 5.01. The largest absolute Gasteiger partial charge is 0.476 e. The molecule has 0 bridgehead atoms. The highest BCUT2D eigenvalue weighted by molar-refractivity contribution is 7.09. The minimum Gasteiger partial charge on any atom is -0.476 e. The summed E-state index contributed by atoms with van der Waals surface area (Å²) < 4.78 is 1.21. The summed E-state index contributed by atoms with van der Waals surface area (Å²) in [5.41, 5.74) is 5.49. The van der Waals surface area contributed by atoms with Gasteiger partial charge < -0.3 is 16.2 Å². The second-order valence-corrected chi connectivity index (χ2v) is 5.26. The smallest absolute Gasteiger partial charge is 0.358 e. The van der Waals surface area contributed by atoms with Crippen LogP contribution >= 0.6 is 11.3 Å². The van der Waals surface area contributed by atoms with Crippen molar-refractivity contribution in [1.82, 2.24) is 20.3 Å². The summed E-state index contributed by atoms with van der Waals surface area (Å²) >= 11 is 1.63. The minimum atomic E-state index is -1.21. The van der Waals surface area contributed by atoms with Crippen LogP contribution in [0, 0.1) is 0 Å². The molecule has 8 nitrogen and oxygen atoms in total. The molecule has 21 heavy (non-hydrogen) atoms. The highest BCUT2D eigenvalue weighted by Gasteiger charge is 2.18. The van der Waals surface area contributed by atoms with Gasteiger partial charge in [0.2, 0.25) is 5.91 Å². The van der Waals surface area contributed by atoms with Gasteiger partial charge in [-0.2, -0.15) is 0 Å². The molecule has 9 heteroatoms. The number of nitrogens with two attached hydrogens (primary N) is 1. The first kappa shape index (κ1) is 15.1. The first-order chi connectivity index (χ1) is 10.1. The van der Waals surface area contributed by atoms with Gasteiger partial charge in [-0.05, 0) is 17.9 Å². The molecule has 0 spiro atoms. The van der Waals surface area contributed by atoms with Crippen molar-refractivity contribution < 1.29 is 14.7 Å². The van der Waals surface area contributed by atoms with Gasteiger partial charge in [-0.3, -0.25) is 4.79 Å². The molecule has 1 amide bonds. The highest BCUT2D eigenvalue weighted by Crippen LogP contribution is 2.08. The summed E-state index contributed by atoms with van der Waals surface area (Å²) in [5, 5.41) is 20.8. The molecule has 2 heterocycles. The third-order valence-electron chi connectivity index (χ3n) is 2.80. The number of aromatic nitrogens is 3. The van der Waals surface area contributed by atoms with Crippen LogP contribution in [0.2, 0.25) is 0 Å². The number of amides is 1. The maximum atomic E-state index is 11.8. The van der Waals surface area contributed by atoms with Crippen molar-refractivity contribution in [2.24, 2.45) is 5.73 Å². The number of carbonyl (C=O) groups excluding carboxylic acids is 1. The molecule has 2 aromatic rings. The summed E-state index contributed by atoms with van der Waals surface area (Å²) in [7, 11) is 0. The quantitative estimate of drug-likeness (QED) is 0.654. The first-order valence-corrected chi connectivity index (χ1v) is 7.14. The van der Waals surface area contributed by atoms with Crippen LogP contribution < -0.4 is 11.1 Å². The molecule has 0 fully saturated rings. The van der Waals surface area contributed by atoms with E-state index >= 15 is 0 Å². The molecule has 0 saturated carbocycles. The van der Waals surface area contributed by atoms with E-state index in [0.717, 1.165) is 6.42 Å². The minimum absolute atomic E-state index is 0.0445. The lowest BCUT2D eigenvalue weighted by Gasteiger charge is -2.06. The third kappa shape index (κ3) is 3.86. The average Bonchev–Trinajstić information content (AvgIpc) is 3.07. The molecule has 0 aliphatic rings. The molecule has 0 saturated heterocycles. The van der Waals surface area contributed by atoms with Gasteiger partial charge >= 0.3 is 5.97 Å². The first-order valence-electron chi connectivity index (χ1n) is 6.26. The van der Waals surface area contributed by atoms with E-state index in [-0.39, 0.29) is 30.4 Å². The highest BCUT2D eigenvalue weighted by atomic mass is 32.1. The fourth-order valence-corrected chi connectivity index (χ4v) is 2.51. The Morgan fingerprint density at radius 1 is 1.48 bits per heavy atom. The number of nitrogens with zero attached hydrogens (tertiary/aromatic N) is 3. The Morgan fingerprint density at radius 2 is 2.29 bits per heavy atom. The van der Waals surface area contributed by atoms with Crippen molar-refractivity contribution in [3.05, 3.63) is 33.8 Å². The van der Waals surface area contributed by atoms with Gasteiger partial charge in [0.05, 0.1) is 5.69 Å². The zero-order valence-electron chi connectivity index (χ0n) is 11.2. The van der Waals surface area contributed by atoms with Crippen molar-refractivity contribution in [1.29, 1.82) is 0 Å². The van der Waals surface area contributed by atoms with Crippen LogP contribution in [0.5, 0.6) is 0 Å². The van der Waals surface area contributed by atoms with Crippen molar-refractivity contribution in [3.63, 3.8) is 0 Å². The molecular formula is C12H15N5O3S. The number of rotatable bonds is 7. The van der Waals surface area contributed by atoms with E-state index in [2.05, 4.69) is 15.6 Å². The fraction of sp³-hybridized carbons (Fsp3) is 0.333. The van der Waals surface area contributed by atoms with E-state index in [1.165, 1.54) is 9.56 Å². The van der Waals surface area contributed by atoms with Crippen LogP contribution in [0.1, 0.15) is 21.1 Å². The number of carbonyl (C=O) groups is 2. The lowest BCUT2D eigenvalue weighted by molar-refractivity contribution is -0.121. The normalized spacial score (nSPS) is 10.5. The maximum Gasteiger partial charge on any atom is 0.358 e. The Bertz CT molecular complexity index is 623. The molecule has 2 aromatic heterocycles. The molecule has 2 rings (SSSR count). The molecule has 0 aliphatic heterocycles. The summed E-state index contributed by atoms with van der Waals surface area (Å²) in [6.45, 7) is 0.367. The molecule has 0 aliphatic carbocycles. The number of hydrogen-bond donors (Lipinski definition) is 3. The average molecular weight is 309 g/mol. The SMILES string of the molecule is NCc1c(C(=O)O)nnn1CC(=O)NCCc1cccs1. The monoisotopic (exact) mass is 309 g/mol. The van der Waals surface area contributed by atoms with E-state index in [1.807, 2.05) is 17.5 Å². The van der Waals surface area contributed by atoms with Crippen molar-refractivity contribution >= 4 is 23.2 Å². The summed E-state index contributed by atoms with van der Waals surface area (Å²) in [6.07, 6.45) is 0.755. The molecule has 112 valence electrons. The number of carboxylic acids is 1. The number of thiophene rings is 1. The van der Waals surface area contributed by atoms with Gasteiger partial charge in [-0.25, -0.2) is 9.48 Å². The van der Waals surface area contributed by atoms with Crippen LogP contribution in [0.15, 0.2) is 17.5 Å². The number of nitrogens with one attached hydrogen (secondary N) is 1. The number of aromatic carboxylic acids is 1. The van der Waals surface area contributed by atoms with Gasteiger partial charge in [0.1, 0.15) is 6.54 Å². The molecule has 0 unspecified atom stereocenters. The van der Waals surface area contributed by atoms with E-state index in [1.54, 1.807) is 11.3 Å². The van der Waals surface area contributed by atoms with Gasteiger partial charge in [-0.15, -0.1) is 16.4 Å². The zero-order valence-corrected chi connectivity index (χ0v) is 12.0. The van der Waals surface area contributed by atoms with Crippen molar-refractivity contribution in [3.8, 4) is 0 Å². The van der Waals surface area contributed by atoms with Gasteiger partial charge in [0.25, 0.3) is 0 Å². The van der Waals surface area contributed by atoms with Crippen LogP contribution in [-0.4, -0.2) is 38.5 Å². The Labute approximate surface area is 124 Å². The van der Waals surface area contributed by atoms with Gasteiger partial charge in [0, 0.05) is 18.0 Å². The lowest BCUT2D eigenvalue weighted by atomic mass is 10.3. The number of hydrogen-bond acceptors (Lipinski definition) is 6. The third-order valence-corrected chi connectivity index (χ3v) is 3.74. The zero-order chi connectivity index (χ0) is 15.2. The van der Waals surface area contributed by atoms with Crippen LogP contribution in [0.4, 0.5) is 0 Å². The molecule has 4 N–H and O–H groups in total. The Hall–Kier alpha value is -2.26. The van der Waals surface area contributed by atoms with E-state index in [9.17, 15) is 9.59 Å². The summed E-state index contributed by atoms with van der Waals surface area (Å²) in [5.74, 6) is -1.47. The molecule has 0 aromatic carbocycles. The Morgan fingerprint density at radius 3 is 2.90 bits per heavy atom. The van der Waals surface area contributed by atoms with Crippen molar-refractivity contribution in [2.75, 3.05) is 6.54 Å². The summed E-state index contributed by atoms with van der Waals surface area (Å²) in [6, 6.07) is 3.96. The Balaban J connectivity index is 1.89. The van der Waals surface area contributed by atoms with E-state index in [0.29, 0.717) is 6.54 Å². The topological polar surface area (TPSA) is 123 Å². The maximum absolute atomic E-state index is 11.8. The molecular weight excluding hydrogens is 294 g/mol. The molecule has 0 atom stereocenters.